The molecule has 6 heteroatoms. The van der Waals surface area contributed by atoms with Crippen molar-refractivity contribution in [2.24, 2.45) is 0 Å². The van der Waals surface area contributed by atoms with E-state index in [4.69, 9.17) is 0 Å². The van der Waals surface area contributed by atoms with E-state index < -0.39 is 22.2 Å². The lowest BCUT2D eigenvalue weighted by molar-refractivity contribution is -0.120. The van der Waals surface area contributed by atoms with Gasteiger partial charge >= 0.3 is 10.2 Å². The lowest BCUT2D eigenvalue weighted by atomic mass is 9.99. The van der Waals surface area contributed by atoms with E-state index in [1.54, 1.807) is 12.1 Å². The lowest BCUT2D eigenvalue weighted by Crippen LogP contribution is -2.24. The molecule has 0 bridgehead atoms. The first-order chi connectivity index (χ1) is 8.57. The molecular formula is C12H10N2O3S. The summed E-state index contributed by atoms with van der Waals surface area (Å²) < 4.78 is 26.9. The van der Waals surface area contributed by atoms with Gasteiger partial charge in [0.25, 0.3) is 5.91 Å². The van der Waals surface area contributed by atoms with Crippen LogP contribution in [0.15, 0.2) is 42.5 Å². The van der Waals surface area contributed by atoms with Gasteiger partial charge < -0.3 is 0 Å². The van der Waals surface area contributed by atoms with Gasteiger partial charge in [0.2, 0.25) is 0 Å². The number of hydrogen-bond acceptors (Lipinski definition) is 3. The molecule has 3 rings (SSSR count). The first kappa shape index (κ1) is 11.2. The average molecular weight is 262 g/mol. The third-order valence-corrected chi connectivity index (χ3v) is 3.92. The highest BCUT2D eigenvalue weighted by Crippen LogP contribution is 2.26. The van der Waals surface area contributed by atoms with Gasteiger partial charge in [0.1, 0.15) is 6.04 Å². The quantitative estimate of drug-likeness (QED) is 0.800. The number of benzene rings is 2. The number of carbonyl (C=O) groups is 1. The van der Waals surface area contributed by atoms with Crippen LogP contribution in [0, 0.1) is 0 Å². The maximum absolute atomic E-state index is 11.7. The monoisotopic (exact) mass is 262 g/mol. The van der Waals surface area contributed by atoms with E-state index in [1.165, 1.54) is 0 Å². The van der Waals surface area contributed by atoms with Crippen molar-refractivity contribution in [3.8, 4) is 0 Å². The number of rotatable bonds is 1. The summed E-state index contributed by atoms with van der Waals surface area (Å²) in [4.78, 5) is 11.7. The molecule has 1 amide bonds. The van der Waals surface area contributed by atoms with E-state index in [2.05, 4.69) is 4.72 Å². The fourth-order valence-electron chi connectivity index (χ4n) is 2.14. The van der Waals surface area contributed by atoms with Crippen LogP contribution in [-0.4, -0.2) is 14.3 Å². The second-order valence-electron chi connectivity index (χ2n) is 4.09. The molecule has 0 spiro atoms. The van der Waals surface area contributed by atoms with Crippen LogP contribution in [-0.2, 0) is 15.0 Å². The number of amides is 1. The topological polar surface area (TPSA) is 75.3 Å². The van der Waals surface area contributed by atoms with Gasteiger partial charge in [0.05, 0.1) is 0 Å². The van der Waals surface area contributed by atoms with Crippen molar-refractivity contribution < 1.29 is 13.2 Å². The molecule has 2 aromatic carbocycles. The van der Waals surface area contributed by atoms with Gasteiger partial charge in [-0.25, -0.2) is 4.72 Å². The Morgan fingerprint density at radius 1 is 1.00 bits per heavy atom. The molecule has 5 nitrogen and oxygen atoms in total. The van der Waals surface area contributed by atoms with Crippen molar-refractivity contribution in [3.05, 3.63) is 48.0 Å². The number of fused-ring (bicyclic) bond motifs is 1. The Bertz CT molecular complexity index is 735. The predicted octanol–water partition coefficient (Wildman–Crippen LogP) is 0.845. The number of nitrogens with one attached hydrogen (secondary N) is 2. The van der Waals surface area contributed by atoms with Crippen LogP contribution in [0.5, 0.6) is 0 Å². The van der Waals surface area contributed by atoms with E-state index in [0.717, 1.165) is 10.8 Å². The van der Waals surface area contributed by atoms with Gasteiger partial charge in [-0.1, -0.05) is 42.5 Å². The Balaban J connectivity index is 2.19. The van der Waals surface area contributed by atoms with Crippen molar-refractivity contribution in [1.29, 1.82) is 0 Å². The fourth-order valence-corrected chi connectivity index (χ4v) is 3.12. The molecule has 1 unspecified atom stereocenters. The molecule has 1 saturated heterocycles. The molecule has 92 valence electrons. The van der Waals surface area contributed by atoms with Gasteiger partial charge in [-0.2, -0.15) is 13.1 Å². The summed E-state index contributed by atoms with van der Waals surface area (Å²) in [5.74, 6) is -0.550. The van der Waals surface area contributed by atoms with E-state index >= 15 is 0 Å². The molecule has 0 saturated carbocycles. The molecule has 2 aromatic rings. The molecule has 1 atom stereocenters. The average Bonchev–Trinajstić information content (AvgIpc) is 2.62. The van der Waals surface area contributed by atoms with Crippen molar-refractivity contribution in [3.63, 3.8) is 0 Å². The van der Waals surface area contributed by atoms with Crippen LogP contribution in [0.2, 0.25) is 0 Å². The van der Waals surface area contributed by atoms with Gasteiger partial charge in [-0.3, -0.25) is 4.79 Å². The highest BCUT2D eigenvalue weighted by Gasteiger charge is 2.36. The van der Waals surface area contributed by atoms with Gasteiger partial charge in [-0.15, -0.1) is 0 Å². The highest BCUT2D eigenvalue weighted by molar-refractivity contribution is 7.88. The predicted molar refractivity (Wildman–Crippen MR) is 66.9 cm³/mol. The SMILES string of the molecule is O=C1NS(=O)(=O)NC1c1cccc2ccccc12. The van der Waals surface area contributed by atoms with Crippen LogP contribution in [0.1, 0.15) is 11.6 Å². The largest absolute Gasteiger partial charge is 0.302 e. The third kappa shape index (κ3) is 1.75. The first-order valence-electron chi connectivity index (χ1n) is 5.38. The Morgan fingerprint density at radius 2 is 1.72 bits per heavy atom. The summed E-state index contributed by atoms with van der Waals surface area (Å²) in [7, 11) is -3.71. The minimum absolute atomic E-state index is 0.550. The van der Waals surface area contributed by atoms with Gasteiger partial charge in [0, 0.05) is 0 Å². The van der Waals surface area contributed by atoms with Crippen LogP contribution in [0.3, 0.4) is 0 Å². The van der Waals surface area contributed by atoms with E-state index in [1.807, 2.05) is 35.1 Å². The summed E-state index contributed by atoms with van der Waals surface area (Å²) in [5, 5.41) is 1.83. The zero-order valence-corrected chi connectivity index (χ0v) is 10.1. The first-order valence-corrected chi connectivity index (χ1v) is 6.87. The summed E-state index contributed by atoms with van der Waals surface area (Å²) in [6.07, 6.45) is 0. The standard InChI is InChI=1S/C12H10N2O3S/c15-12-11(13-18(16,17)14-12)10-7-3-5-8-4-1-2-6-9(8)10/h1-7,11,13H,(H,14,15). The summed E-state index contributed by atoms with van der Waals surface area (Å²) >= 11 is 0. The third-order valence-electron chi connectivity index (χ3n) is 2.90. The van der Waals surface area contributed by atoms with Crippen LogP contribution >= 0.6 is 0 Å². The number of hydrogen-bond donors (Lipinski definition) is 2. The van der Waals surface area contributed by atoms with E-state index in [0.29, 0.717) is 5.56 Å². The maximum Gasteiger partial charge on any atom is 0.302 e. The highest BCUT2D eigenvalue weighted by atomic mass is 32.2. The summed E-state index contributed by atoms with van der Waals surface area (Å²) in [6.45, 7) is 0. The van der Waals surface area contributed by atoms with Crippen LogP contribution in [0.4, 0.5) is 0 Å². The molecule has 0 aromatic heterocycles. The molecule has 2 N–H and O–H groups in total. The molecular weight excluding hydrogens is 252 g/mol. The Hall–Kier alpha value is -1.92. The van der Waals surface area contributed by atoms with Crippen LogP contribution in [0.25, 0.3) is 10.8 Å². The van der Waals surface area contributed by atoms with Crippen molar-refractivity contribution in [2.75, 3.05) is 0 Å². The molecule has 0 aliphatic carbocycles. The van der Waals surface area contributed by atoms with Crippen molar-refractivity contribution in [2.45, 2.75) is 6.04 Å². The number of carbonyl (C=O) groups excluding carboxylic acids is 1. The van der Waals surface area contributed by atoms with Gasteiger partial charge in [0.15, 0.2) is 0 Å². The molecule has 1 aliphatic heterocycles. The van der Waals surface area contributed by atoms with E-state index in [9.17, 15) is 13.2 Å². The zero-order valence-electron chi connectivity index (χ0n) is 9.25. The Labute approximate surface area is 104 Å². The Morgan fingerprint density at radius 3 is 2.44 bits per heavy atom. The molecule has 1 aliphatic rings. The minimum Gasteiger partial charge on any atom is -0.272 e. The molecule has 0 radical (unpaired) electrons. The summed E-state index contributed by atoms with van der Waals surface area (Å²) in [5.41, 5.74) is 0.659. The zero-order chi connectivity index (χ0) is 12.8. The summed E-state index contributed by atoms with van der Waals surface area (Å²) in [6, 6.07) is 12.1. The van der Waals surface area contributed by atoms with Crippen LogP contribution < -0.4 is 9.44 Å². The normalized spacial score (nSPS) is 22.0. The smallest absolute Gasteiger partial charge is 0.272 e. The molecule has 1 fully saturated rings. The second-order valence-corrected chi connectivity index (χ2v) is 5.54. The minimum atomic E-state index is -3.71. The molecule has 18 heavy (non-hydrogen) atoms. The van der Waals surface area contributed by atoms with Crippen molar-refractivity contribution >= 4 is 26.9 Å². The fraction of sp³-hybridized carbons (Fsp3) is 0.0833. The van der Waals surface area contributed by atoms with Gasteiger partial charge in [-0.05, 0) is 16.3 Å². The Kier molecular flexibility index (Phi) is 2.36. The lowest BCUT2D eigenvalue weighted by Gasteiger charge is -2.10. The van der Waals surface area contributed by atoms with Crippen molar-refractivity contribution in [1.82, 2.24) is 9.44 Å². The second kappa shape index (κ2) is 3.79. The van der Waals surface area contributed by atoms with E-state index in [-0.39, 0.29) is 0 Å². The molecule has 1 heterocycles. The maximum atomic E-state index is 11.7.